The molecule has 0 radical (unpaired) electrons. The van der Waals surface area contributed by atoms with Crippen LogP contribution >= 0.6 is 11.6 Å². The first-order valence-corrected chi connectivity index (χ1v) is 11.0. The molecule has 1 aromatic heterocycles. The van der Waals surface area contributed by atoms with Crippen molar-refractivity contribution in [1.82, 2.24) is 9.78 Å². The monoisotopic (exact) mass is 477 g/mol. The van der Waals surface area contributed by atoms with Crippen molar-refractivity contribution in [2.24, 2.45) is 0 Å². The minimum Gasteiger partial charge on any atom is -0.493 e. The second-order valence-corrected chi connectivity index (χ2v) is 7.88. The van der Waals surface area contributed by atoms with Crippen LogP contribution in [-0.2, 0) is 13.2 Å². The molecule has 0 unspecified atom stereocenters. The quantitative estimate of drug-likeness (QED) is 0.348. The number of anilines is 1. The van der Waals surface area contributed by atoms with Gasteiger partial charge >= 0.3 is 0 Å². The average Bonchev–Trinajstić information content (AvgIpc) is 3.30. The van der Waals surface area contributed by atoms with Crippen molar-refractivity contribution in [3.63, 3.8) is 0 Å². The molecule has 1 N–H and O–H groups in total. The molecule has 174 valence electrons. The number of hydrogen-bond acceptors (Lipinski definition) is 5. The van der Waals surface area contributed by atoms with Gasteiger partial charge < -0.3 is 19.5 Å². The van der Waals surface area contributed by atoms with Crippen LogP contribution in [-0.4, -0.2) is 29.9 Å². The van der Waals surface area contributed by atoms with Gasteiger partial charge in [0.25, 0.3) is 5.91 Å². The van der Waals surface area contributed by atoms with E-state index in [0.29, 0.717) is 46.8 Å². The third-order valence-electron chi connectivity index (χ3n) is 5.15. The Morgan fingerprint density at radius 1 is 0.941 bits per heavy atom. The van der Waals surface area contributed by atoms with E-state index in [2.05, 4.69) is 10.4 Å². The summed E-state index contributed by atoms with van der Waals surface area (Å²) in [6, 6.07) is 22.2. The van der Waals surface area contributed by atoms with Crippen molar-refractivity contribution >= 4 is 23.3 Å². The van der Waals surface area contributed by atoms with Crippen molar-refractivity contribution in [3.05, 3.63) is 101 Å². The van der Waals surface area contributed by atoms with Gasteiger partial charge in [0.2, 0.25) is 5.75 Å². The van der Waals surface area contributed by atoms with E-state index >= 15 is 0 Å². The number of hydrogen-bond donors (Lipinski definition) is 1. The molecule has 34 heavy (non-hydrogen) atoms. The van der Waals surface area contributed by atoms with Crippen LogP contribution in [0.4, 0.5) is 5.82 Å². The summed E-state index contributed by atoms with van der Waals surface area (Å²) in [6.07, 6.45) is 1.63. The van der Waals surface area contributed by atoms with E-state index in [1.54, 1.807) is 29.1 Å². The predicted octanol–water partition coefficient (Wildman–Crippen LogP) is 5.43. The summed E-state index contributed by atoms with van der Waals surface area (Å²) in [5.41, 5.74) is 2.37. The van der Waals surface area contributed by atoms with Crippen molar-refractivity contribution in [2.75, 3.05) is 19.5 Å². The normalized spacial score (nSPS) is 10.6. The molecule has 0 aliphatic heterocycles. The standard InChI is InChI=1S/C26H24ClN3O4/c1-32-22-14-20(15-23(33-2)25(22)34-17-19-6-4-3-5-7-19)26(31)29-24-12-13-28-30(24)16-18-8-10-21(27)11-9-18/h3-15H,16-17H2,1-2H3,(H,29,31). The number of carbonyl (C=O) groups excluding carboxylic acids is 1. The van der Waals surface area contributed by atoms with Crippen molar-refractivity contribution in [3.8, 4) is 17.2 Å². The molecule has 1 amide bonds. The van der Waals surface area contributed by atoms with E-state index in [9.17, 15) is 4.79 Å². The first-order valence-electron chi connectivity index (χ1n) is 10.6. The smallest absolute Gasteiger partial charge is 0.257 e. The zero-order valence-electron chi connectivity index (χ0n) is 18.8. The summed E-state index contributed by atoms with van der Waals surface area (Å²) in [5.74, 6) is 1.45. The topological polar surface area (TPSA) is 74.6 Å². The zero-order valence-corrected chi connectivity index (χ0v) is 19.6. The summed E-state index contributed by atoms with van der Waals surface area (Å²) >= 11 is 5.96. The highest BCUT2D eigenvalue weighted by atomic mass is 35.5. The van der Waals surface area contributed by atoms with E-state index in [1.165, 1.54) is 14.2 Å². The van der Waals surface area contributed by atoms with Gasteiger partial charge in [0.05, 0.1) is 27.0 Å². The highest BCUT2D eigenvalue weighted by Gasteiger charge is 2.19. The Hall–Kier alpha value is -3.97. The average molecular weight is 478 g/mol. The van der Waals surface area contributed by atoms with Crippen LogP contribution in [0.1, 0.15) is 21.5 Å². The van der Waals surface area contributed by atoms with Gasteiger partial charge in [-0.3, -0.25) is 4.79 Å². The number of rotatable bonds is 9. The number of benzene rings is 3. The molecule has 0 spiro atoms. The van der Waals surface area contributed by atoms with Gasteiger partial charge in [-0.05, 0) is 35.4 Å². The van der Waals surface area contributed by atoms with Crippen LogP contribution < -0.4 is 19.5 Å². The number of halogens is 1. The molecule has 1 heterocycles. The van der Waals surface area contributed by atoms with E-state index in [1.807, 2.05) is 54.6 Å². The molecular formula is C26H24ClN3O4. The van der Waals surface area contributed by atoms with E-state index in [0.717, 1.165) is 11.1 Å². The van der Waals surface area contributed by atoms with Gasteiger partial charge in [-0.2, -0.15) is 5.10 Å². The summed E-state index contributed by atoms with van der Waals surface area (Å²) in [5, 5.41) is 7.88. The molecule has 8 heteroatoms. The Labute approximate surface area is 202 Å². The van der Waals surface area contributed by atoms with Crippen LogP contribution in [0, 0.1) is 0 Å². The predicted molar refractivity (Wildman–Crippen MR) is 131 cm³/mol. The van der Waals surface area contributed by atoms with Gasteiger partial charge in [0.1, 0.15) is 12.4 Å². The Balaban J connectivity index is 1.52. The molecule has 3 aromatic carbocycles. The summed E-state index contributed by atoms with van der Waals surface area (Å²) in [7, 11) is 3.04. The van der Waals surface area contributed by atoms with Crippen molar-refractivity contribution in [1.29, 1.82) is 0 Å². The first-order chi connectivity index (χ1) is 16.6. The zero-order chi connectivity index (χ0) is 23.9. The lowest BCUT2D eigenvalue weighted by Crippen LogP contribution is -2.16. The first kappa shape index (κ1) is 23.2. The molecule has 0 aliphatic carbocycles. The Kier molecular flexibility index (Phi) is 7.34. The minimum absolute atomic E-state index is 0.330. The molecule has 4 rings (SSSR count). The molecule has 0 aliphatic rings. The maximum atomic E-state index is 13.1. The number of nitrogens with zero attached hydrogens (tertiary/aromatic N) is 2. The van der Waals surface area contributed by atoms with Gasteiger partial charge in [-0.1, -0.05) is 54.1 Å². The number of amides is 1. The summed E-state index contributed by atoms with van der Waals surface area (Å²) in [6.45, 7) is 0.821. The molecule has 0 saturated carbocycles. The maximum absolute atomic E-state index is 13.1. The Morgan fingerprint density at radius 3 is 2.26 bits per heavy atom. The van der Waals surface area contributed by atoms with Gasteiger partial charge in [0, 0.05) is 16.7 Å². The Morgan fingerprint density at radius 2 is 1.62 bits per heavy atom. The number of nitrogens with one attached hydrogen (secondary N) is 1. The second-order valence-electron chi connectivity index (χ2n) is 7.44. The maximum Gasteiger partial charge on any atom is 0.257 e. The molecule has 0 bridgehead atoms. The van der Waals surface area contributed by atoms with Crippen LogP contribution in [0.15, 0.2) is 79.0 Å². The minimum atomic E-state index is -0.330. The fourth-order valence-corrected chi connectivity index (χ4v) is 3.53. The molecule has 0 saturated heterocycles. The number of aromatic nitrogens is 2. The number of methoxy groups -OCH3 is 2. The third-order valence-corrected chi connectivity index (χ3v) is 5.40. The SMILES string of the molecule is COc1cc(C(=O)Nc2ccnn2Cc2ccc(Cl)cc2)cc(OC)c1OCc1ccccc1. The fraction of sp³-hybridized carbons (Fsp3) is 0.154. The number of ether oxygens (including phenoxy) is 3. The lowest BCUT2D eigenvalue weighted by atomic mass is 10.1. The lowest BCUT2D eigenvalue weighted by Gasteiger charge is -2.16. The second kappa shape index (κ2) is 10.8. The summed E-state index contributed by atoms with van der Waals surface area (Å²) < 4.78 is 18.7. The highest BCUT2D eigenvalue weighted by Crippen LogP contribution is 2.39. The molecule has 4 aromatic rings. The lowest BCUT2D eigenvalue weighted by molar-refractivity contribution is 0.102. The van der Waals surface area contributed by atoms with E-state index < -0.39 is 0 Å². The van der Waals surface area contributed by atoms with Crippen LogP contribution in [0.3, 0.4) is 0 Å². The molecule has 0 fully saturated rings. The molecular weight excluding hydrogens is 454 g/mol. The third kappa shape index (κ3) is 5.50. The fourth-order valence-electron chi connectivity index (χ4n) is 3.40. The van der Waals surface area contributed by atoms with Gasteiger partial charge in [-0.15, -0.1) is 0 Å². The van der Waals surface area contributed by atoms with Crippen LogP contribution in [0.5, 0.6) is 17.2 Å². The summed E-state index contributed by atoms with van der Waals surface area (Å²) in [4.78, 5) is 13.1. The van der Waals surface area contributed by atoms with Crippen molar-refractivity contribution in [2.45, 2.75) is 13.2 Å². The van der Waals surface area contributed by atoms with E-state index in [4.69, 9.17) is 25.8 Å². The van der Waals surface area contributed by atoms with Gasteiger partial charge in [0.15, 0.2) is 11.5 Å². The molecule has 0 atom stereocenters. The number of carbonyl (C=O) groups is 1. The van der Waals surface area contributed by atoms with Crippen LogP contribution in [0.25, 0.3) is 0 Å². The van der Waals surface area contributed by atoms with E-state index in [-0.39, 0.29) is 5.91 Å². The molecule has 7 nitrogen and oxygen atoms in total. The van der Waals surface area contributed by atoms with Gasteiger partial charge in [-0.25, -0.2) is 4.68 Å². The largest absolute Gasteiger partial charge is 0.493 e. The van der Waals surface area contributed by atoms with Crippen molar-refractivity contribution < 1.29 is 19.0 Å². The Bertz CT molecular complexity index is 1230. The highest BCUT2D eigenvalue weighted by molar-refractivity contribution is 6.30. The van der Waals surface area contributed by atoms with Crippen LogP contribution in [0.2, 0.25) is 5.02 Å².